The van der Waals surface area contributed by atoms with Crippen LogP contribution < -0.4 is 5.32 Å². The van der Waals surface area contributed by atoms with Gasteiger partial charge in [-0.2, -0.15) is 18.3 Å². The van der Waals surface area contributed by atoms with Crippen molar-refractivity contribution in [3.05, 3.63) is 46.3 Å². The number of nitrogens with one attached hydrogen (secondary N) is 1. The van der Waals surface area contributed by atoms with Gasteiger partial charge < -0.3 is 5.32 Å². The minimum absolute atomic E-state index is 0.00295. The maximum Gasteiger partial charge on any atom is 0.418 e. The Labute approximate surface area is 163 Å². The lowest BCUT2D eigenvalue weighted by atomic mass is 10.1. The van der Waals surface area contributed by atoms with Crippen molar-refractivity contribution in [2.75, 3.05) is 5.32 Å². The summed E-state index contributed by atoms with van der Waals surface area (Å²) in [7, 11) is 0. The zero-order chi connectivity index (χ0) is 20.9. The summed E-state index contributed by atoms with van der Waals surface area (Å²) in [6.45, 7) is 3.88. The SMILES string of the molecule is CCC(C)Sc1ccc(NC(=O)CCn2cc([N+](=O)[O-])cn2)c(C(F)(F)F)c1. The topological polar surface area (TPSA) is 90.1 Å². The molecule has 0 aliphatic carbocycles. The van der Waals surface area contributed by atoms with Crippen molar-refractivity contribution in [2.24, 2.45) is 0 Å². The van der Waals surface area contributed by atoms with Gasteiger partial charge in [-0.3, -0.25) is 19.6 Å². The lowest BCUT2D eigenvalue weighted by Crippen LogP contribution is -2.18. The van der Waals surface area contributed by atoms with Gasteiger partial charge in [0.25, 0.3) is 0 Å². The van der Waals surface area contributed by atoms with E-state index < -0.39 is 22.6 Å². The summed E-state index contributed by atoms with van der Waals surface area (Å²) < 4.78 is 41.4. The van der Waals surface area contributed by atoms with Gasteiger partial charge in [-0.15, -0.1) is 11.8 Å². The standard InChI is InChI=1S/C17H19F3N4O3S/c1-3-11(2)28-13-4-5-15(14(8-13)17(18,19)20)22-16(25)6-7-23-10-12(9-21-23)24(26)27/h4-5,8-11H,3,6-7H2,1-2H3,(H,22,25). The Morgan fingerprint density at radius 2 is 2.14 bits per heavy atom. The molecule has 28 heavy (non-hydrogen) atoms. The minimum atomic E-state index is -4.61. The second-order valence-corrected chi connectivity index (χ2v) is 7.57. The average Bonchev–Trinajstić information content (AvgIpc) is 3.09. The molecule has 0 spiro atoms. The number of thioether (sulfide) groups is 1. The molecular formula is C17H19F3N4O3S. The first-order valence-corrected chi connectivity index (χ1v) is 9.32. The third-order valence-corrected chi connectivity index (χ3v) is 5.14. The number of carbonyl (C=O) groups is 1. The van der Waals surface area contributed by atoms with E-state index in [-0.39, 0.29) is 29.6 Å². The zero-order valence-corrected chi connectivity index (χ0v) is 16.0. The molecule has 0 aliphatic rings. The lowest BCUT2D eigenvalue weighted by molar-refractivity contribution is -0.385. The van der Waals surface area contributed by atoms with Gasteiger partial charge in [0.15, 0.2) is 0 Å². The minimum Gasteiger partial charge on any atom is -0.325 e. The highest BCUT2D eigenvalue weighted by Gasteiger charge is 2.34. The Hall–Kier alpha value is -2.56. The van der Waals surface area contributed by atoms with Crippen molar-refractivity contribution in [1.82, 2.24) is 9.78 Å². The van der Waals surface area contributed by atoms with Gasteiger partial charge in [0.05, 0.1) is 16.2 Å². The normalized spacial score (nSPS) is 12.6. The number of alkyl halides is 3. The van der Waals surface area contributed by atoms with E-state index in [1.54, 1.807) is 6.07 Å². The molecule has 1 atom stereocenters. The van der Waals surface area contributed by atoms with Crippen LogP contribution in [0.1, 0.15) is 32.3 Å². The van der Waals surface area contributed by atoms with E-state index in [4.69, 9.17) is 0 Å². The largest absolute Gasteiger partial charge is 0.418 e. The first-order chi connectivity index (χ1) is 13.1. The summed E-state index contributed by atoms with van der Waals surface area (Å²) in [5, 5.41) is 16.8. The maximum atomic E-state index is 13.4. The summed E-state index contributed by atoms with van der Waals surface area (Å²) in [5.74, 6) is -0.647. The highest BCUT2D eigenvalue weighted by atomic mass is 32.2. The van der Waals surface area contributed by atoms with E-state index in [9.17, 15) is 28.1 Å². The molecule has 0 fully saturated rings. The molecule has 0 radical (unpaired) electrons. The Morgan fingerprint density at radius 3 is 2.71 bits per heavy atom. The third-order valence-electron chi connectivity index (χ3n) is 3.88. The highest BCUT2D eigenvalue weighted by Crippen LogP contribution is 2.38. The molecule has 1 unspecified atom stereocenters. The fourth-order valence-electron chi connectivity index (χ4n) is 2.25. The molecule has 1 N–H and O–H groups in total. The van der Waals surface area contributed by atoms with Crippen molar-refractivity contribution in [1.29, 1.82) is 0 Å². The van der Waals surface area contributed by atoms with Crippen LogP contribution in [-0.4, -0.2) is 25.9 Å². The molecule has 0 saturated heterocycles. The number of halogens is 3. The molecule has 11 heteroatoms. The number of anilines is 1. The molecular weight excluding hydrogens is 397 g/mol. The van der Waals surface area contributed by atoms with Crippen LogP contribution in [0.5, 0.6) is 0 Å². The summed E-state index contributed by atoms with van der Waals surface area (Å²) in [6.07, 6.45) is -1.80. The number of aromatic nitrogens is 2. The summed E-state index contributed by atoms with van der Waals surface area (Å²) in [4.78, 5) is 22.5. The smallest absolute Gasteiger partial charge is 0.325 e. The lowest BCUT2D eigenvalue weighted by Gasteiger charge is -2.16. The van der Waals surface area contributed by atoms with Gasteiger partial charge >= 0.3 is 11.9 Å². The van der Waals surface area contributed by atoms with Crippen LogP contribution in [0.3, 0.4) is 0 Å². The second-order valence-electron chi connectivity index (χ2n) is 6.06. The average molecular weight is 416 g/mol. The Bertz CT molecular complexity index is 854. The molecule has 1 amide bonds. The summed E-state index contributed by atoms with van der Waals surface area (Å²) in [6, 6.07) is 3.81. The van der Waals surface area contributed by atoms with Crippen LogP contribution in [0.4, 0.5) is 24.5 Å². The molecule has 1 heterocycles. The molecule has 2 aromatic rings. The molecule has 0 saturated carbocycles. The zero-order valence-electron chi connectivity index (χ0n) is 15.2. The molecule has 152 valence electrons. The number of nitrogens with zero attached hydrogens (tertiary/aromatic N) is 3. The van der Waals surface area contributed by atoms with Crippen LogP contribution in [0.15, 0.2) is 35.5 Å². The monoisotopic (exact) mass is 416 g/mol. The van der Waals surface area contributed by atoms with Gasteiger partial charge in [-0.1, -0.05) is 13.8 Å². The molecule has 2 rings (SSSR count). The Kier molecular flexibility index (Phi) is 7.05. The summed E-state index contributed by atoms with van der Waals surface area (Å²) in [5.41, 5.74) is -1.46. The Morgan fingerprint density at radius 1 is 1.43 bits per heavy atom. The van der Waals surface area contributed by atoms with Gasteiger partial charge in [0.1, 0.15) is 12.4 Å². The van der Waals surface area contributed by atoms with Crippen molar-refractivity contribution >= 4 is 29.0 Å². The van der Waals surface area contributed by atoms with E-state index in [1.165, 1.54) is 22.5 Å². The fourth-order valence-corrected chi connectivity index (χ4v) is 3.22. The van der Waals surface area contributed by atoms with Crippen molar-refractivity contribution in [2.45, 2.75) is 49.6 Å². The van der Waals surface area contributed by atoms with E-state index in [0.29, 0.717) is 4.90 Å². The van der Waals surface area contributed by atoms with E-state index in [0.717, 1.165) is 24.9 Å². The van der Waals surface area contributed by atoms with Crippen LogP contribution in [0, 0.1) is 10.1 Å². The highest BCUT2D eigenvalue weighted by molar-refractivity contribution is 7.99. The molecule has 7 nitrogen and oxygen atoms in total. The fraction of sp³-hybridized carbons (Fsp3) is 0.412. The molecule has 1 aromatic heterocycles. The number of benzene rings is 1. The number of rotatable bonds is 8. The van der Waals surface area contributed by atoms with Crippen LogP contribution in [0.2, 0.25) is 0 Å². The number of carbonyl (C=O) groups excluding carboxylic acids is 1. The first-order valence-electron chi connectivity index (χ1n) is 8.44. The van der Waals surface area contributed by atoms with E-state index in [2.05, 4.69) is 10.4 Å². The van der Waals surface area contributed by atoms with Crippen LogP contribution in [0.25, 0.3) is 0 Å². The van der Waals surface area contributed by atoms with E-state index >= 15 is 0 Å². The number of nitro groups is 1. The van der Waals surface area contributed by atoms with Gasteiger partial charge in [-0.25, -0.2) is 0 Å². The van der Waals surface area contributed by atoms with Crippen molar-refractivity contribution < 1.29 is 22.9 Å². The van der Waals surface area contributed by atoms with Gasteiger partial charge in [-0.05, 0) is 24.6 Å². The van der Waals surface area contributed by atoms with Gasteiger partial charge in [0.2, 0.25) is 5.91 Å². The molecule has 0 bridgehead atoms. The van der Waals surface area contributed by atoms with Gasteiger partial charge in [0, 0.05) is 23.1 Å². The number of aryl methyl sites for hydroxylation is 1. The maximum absolute atomic E-state index is 13.4. The predicted octanol–water partition coefficient (Wildman–Crippen LogP) is 4.73. The Balaban J connectivity index is 2.08. The first kappa shape index (κ1) is 21.7. The number of hydrogen-bond donors (Lipinski definition) is 1. The van der Waals surface area contributed by atoms with Crippen LogP contribution in [-0.2, 0) is 17.5 Å². The number of hydrogen-bond acceptors (Lipinski definition) is 5. The third kappa shape index (κ3) is 5.98. The molecule has 1 aromatic carbocycles. The summed E-state index contributed by atoms with van der Waals surface area (Å²) >= 11 is 1.33. The van der Waals surface area contributed by atoms with E-state index in [1.807, 2.05) is 13.8 Å². The predicted molar refractivity (Wildman–Crippen MR) is 99.2 cm³/mol. The quantitative estimate of drug-likeness (QED) is 0.382. The number of amides is 1. The molecule has 0 aliphatic heterocycles. The van der Waals surface area contributed by atoms with Crippen LogP contribution >= 0.6 is 11.8 Å². The van der Waals surface area contributed by atoms with Crippen molar-refractivity contribution in [3.8, 4) is 0 Å². The second kappa shape index (κ2) is 9.09. The van der Waals surface area contributed by atoms with Crippen molar-refractivity contribution in [3.63, 3.8) is 0 Å².